The highest BCUT2D eigenvalue weighted by atomic mass is 35.5. The number of hydrogen-bond acceptors (Lipinski definition) is 0. The third kappa shape index (κ3) is 2.92. The number of benzene rings is 2. The minimum absolute atomic E-state index is 0.398. The number of rotatable bonds is 4. The van der Waals surface area contributed by atoms with Crippen molar-refractivity contribution in [2.24, 2.45) is 0 Å². The molecule has 0 aromatic heterocycles. The topological polar surface area (TPSA) is 0 Å². The molecule has 2 aromatic carbocycles. The predicted molar refractivity (Wildman–Crippen MR) is 94.3 cm³/mol. The summed E-state index contributed by atoms with van der Waals surface area (Å²) in [5.41, 5.74) is 1.40. The Labute approximate surface area is 146 Å². The van der Waals surface area contributed by atoms with E-state index in [0.717, 1.165) is 24.0 Å². The van der Waals surface area contributed by atoms with Crippen LogP contribution in [0.2, 0.25) is 20.1 Å². The van der Waals surface area contributed by atoms with Crippen molar-refractivity contribution in [3.8, 4) is 0 Å². The molecule has 4 heteroatoms. The van der Waals surface area contributed by atoms with E-state index in [1.54, 1.807) is 0 Å². The van der Waals surface area contributed by atoms with E-state index in [-0.39, 0.29) is 0 Å². The summed E-state index contributed by atoms with van der Waals surface area (Å²) in [6, 6.07) is 11.1. The lowest BCUT2D eigenvalue weighted by atomic mass is 9.70. The molecule has 2 aromatic rings. The van der Waals surface area contributed by atoms with Crippen LogP contribution in [0.25, 0.3) is 0 Å². The second-order valence-electron chi connectivity index (χ2n) is 4.98. The van der Waals surface area contributed by atoms with Crippen LogP contribution in [0, 0.1) is 0 Å². The first-order chi connectivity index (χ1) is 9.97. The Morgan fingerprint density at radius 3 is 1.19 bits per heavy atom. The van der Waals surface area contributed by atoms with E-state index in [1.807, 2.05) is 36.4 Å². The maximum atomic E-state index is 6.46. The average Bonchev–Trinajstić information content (AvgIpc) is 2.45. The summed E-state index contributed by atoms with van der Waals surface area (Å²) in [6.07, 6.45) is 1.60. The van der Waals surface area contributed by atoms with Gasteiger partial charge in [-0.1, -0.05) is 72.4 Å². The van der Waals surface area contributed by atoms with Crippen molar-refractivity contribution < 1.29 is 0 Å². The minimum Gasteiger partial charge on any atom is -0.0840 e. The highest BCUT2D eigenvalue weighted by molar-refractivity contribution is 6.38. The monoisotopic (exact) mass is 360 g/mol. The Bertz CT molecular complexity index is 551. The molecule has 0 amide bonds. The van der Waals surface area contributed by atoms with Gasteiger partial charge in [0.2, 0.25) is 0 Å². The molecule has 0 fully saturated rings. The van der Waals surface area contributed by atoms with Gasteiger partial charge in [0.1, 0.15) is 0 Å². The Hall–Kier alpha value is -0.400. The van der Waals surface area contributed by atoms with Gasteiger partial charge in [0.15, 0.2) is 0 Å². The van der Waals surface area contributed by atoms with Crippen LogP contribution < -0.4 is 0 Å². The van der Waals surface area contributed by atoms with Crippen LogP contribution in [0.4, 0.5) is 0 Å². The molecule has 2 rings (SSSR count). The molecule has 0 aliphatic carbocycles. The van der Waals surface area contributed by atoms with Crippen LogP contribution >= 0.6 is 46.4 Å². The first kappa shape index (κ1) is 17.0. The van der Waals surface area contributed by atoms with Gasteiger partial charge in [-0.05, 0) is 48.2 Å². The lowest BCUT2D eigenvalue weighted by Gasteiger charge is -2.36. The fourth-order valence-electron chi connectivity index (χ4n) is 2.99. The Morgan fingerprint density at radius 2 is 0.952 bits per heavy atom. The number of halogens is 4. The summed E-state index contributed by atoms with van der Waals surface area (Å²) in [5, 5.41) is 2.56. The Morgan fingerprint density at radius 1 is 0.667 bits per heavy atom. The molecule has 112 valence electrons. The molecule has 0 saturated carbocycles. The fourth-order valence-corrected chi connectivity index (χ4v) is 4.51. The van der Waals surface area contributed by atoms with E-state index in [9.17, 15) is 0 Å². The molecule has 0 atom stereocenters. The van der Waals surface area contributed by atoms with E-state index in [2.05, 4.69) is 13.8 Å². The van der Waals surface area contributed by atoms with Gasteiger partial charge in [0.25, 0.3) is 0 Å². The molecule has 0 nitrogen and oxygen atoms in total. The molecule has 0 unspecified atom stereocenters. The van der Waals surface area contributed by atoms with E-state index in [1.165, 1.54) is 0 Å². The zero-order chi connectivity index (χ0) is 15.6. The molecule has 0 heterocycles. The summed E-state index contributed by atoms with van der Waals surface area (Å²) in [7, 11) is 0. The minimum atomic E-state index is -0.398. The third-order valence-electron chi connectivity index (χ3n) is 4.09. The fraction of sp³-hybridized carbons (Fsp3) is 0.294. The molecular formula is C17H16Cl4. The van der Waals surface area contributed by atoms with Crippen LogP contribution in [0.1, 0.15) is 37.8 Å². The lowest BCUT2D eigenvalue weighted by Crippen LogP contribution is -2.28. The third-order valence-corrected chi connectivity index (χ3v) is 5.35. The van der Waals surface area contributed by atoms with E-state index >= 15 is 0 Å². The molecule has 0 aliphatic rings. The Balaban J connectivity index is 2.84. The summed E-state index contributed by atoms with van der Waals surface area (Å²) < 4.78 is 0. The van der Waals surface area contributed by atoms with Gasteiger partial charge < -0.3 is 0 Å². The normalized spacial score (nSPS) is 11.7. The molecule has 0 radical (unpaired) electrons. The van der Waals surface area contributed by atoms with Crippen molar-refractivity contribution in [2.75, 3.05) is 0 Å². The maximum absolute atomic E-state index is 6.46. The van der Waals surface area contributed by atoms with Gasteiger partial charge in [-0.25, -0.2) is 0 Å². The largest absolute Gasteiger partial charge is 0.0840 e. The van der Waals surface area contributed by atoms with Crippen LogP contribution in [0.15, 0.2) is 36.4 Å². The zero-order valence-electron chi connectivity index (χ0n) is 11.9. The molecule has 0 saturated heterocycles. The van der Waals surface area contributed by atoms with Gasteiger partial charge in [-0.15, -0.1) is 0 Å². The van der Waals surface area contributed by atoms with Crippen molar-refractivity contribution in [3.05, 3.63) is 67.6 Å². The van der Waals surface area contributed by atoms with Gasteiger partial charge in [0.05, 0.1) is 0 Å². The van der Waals surface area contributed by atoms with Gasteiger partial charge in [0, 0.05) is 25.5 Å². The Kier molecular flexibility index (Phi) is 5.48. The van der Waals surface area contributed by atoms with Crippen LogP contribution in [0.5, 0.6) is 0 Å². The first-order valence-corrected chi connectivity index (χ1v) is 8.38. The molecule has 21 heavy (non-hydrogen) atoms. The summed E-state index contributed by atoms with van der Waals surface area (Å²) in [6.45, 7) is 4.20. The van der Waals surface area contributed by atoms with E-state index < -0.39 is 5.41 Å². The SMILES string of the molecule is CCC(CC)(c1c(Cl)cccc1Cl)c1c(Cl)cccc1Cl. The summed E-state index contributed by atoms with van der Waals surface area (Å²) >= 11 is 25.8. The maximum Gasteiger partial charge on any atom is 0.0461 e. The second-order valence-corrected chi connectivity index (χ2v) is 6.61. The smallest absolute Gasteiger partial charge is 0.0461 e. The standard InChI is InChI=1S/C17H16Cl4/c1-3-17(4-2,15-11(18)7-5-8-12(15)19)16-13(20)9-6-10-14(16)21/h5-10H,3-4H2,1-2H3. The number of hydrogen-bond donors (Lipinski definition) is 0. The van der Waals surface area contributed by atoms with Gasteiger partial charge >= 0.3 is 0 Å². The van der Waals surface area contributed by atoms with Crippen molar-refractivity contribution in [1.82, 2.24) is 0 Å². The van der Waals surface area contributed by atoms with Crippen molar-refractivity contribution in [1.29, 1.82) is 0 Å². The highest BCUT2D eigenvalue weighted by Gasteiger charge is 2.37. The van der Waals surface area contributed by atoms with Crippen LogP contribution in [0.3, 0.4) is 0 Å². The van der Waals surface area contributed by atoms with E-state index in [0.29, 0.717) is 20.1 Å². The quantitative estimate of drug-likeness (QED) is 0.531. The zero-order valence-corrected chi connectivity index (χ0v) is 14.9. The van der Waals surface area contributed by atoms with Gasteiger partial charge in [-0.2, -0.15) is 0 Å². The molecular weight excluding hydrogens is 346 g/mol. The molecule has 0 bridgehead atoms. The van der Waals surface area contributed by atoms with E-state index in [4.69, 9.17) is 46.4 Å². The predicted octanol–water partition coefficient (Wildman–Crippen LogP) is 7.41. The van der Waals surface area contributed by atoms with Crippen LogP contribution in [-0.2, 0) is 5.41 Å². The van der Waals surface area contributed by atoms with Crippen molar-refractivity contribution in [2.45, 2.75) is 32.1 Å². The lowest BCUT2D eigenvalue weighted by molar-refractivity contribution is 0.479. The van der Waals surface area contributed by atoms with Crippen molar-refractivity contribution in [3.63, 3.8) is 0 Å². The van der Waals surface area contributed by atoms with Crippen molar-refractivity contribution >= 4 is 46.4 Å². The van der Waals surface area contributed by atoms with Gasteiger partial charge in [-0.3, -0.25) is 0 Å². The van der Waals surface area contributed by atoms with Crippen LogP contribution in [-0.4, -0.2) is 0 Å². The average molecular weight is 362 g/mol. The highest BCUT2D eigenvalue weighted by Crippen LogP contribution is 2.49. The molecule has 0 spiro atoms. The summed E-state index contributed by atoms with van der Waals surface area (Å²) in [4.78, 5) is 0. The molecule has 0 N–H and O–H groups in total. The first-order valence-electron chi connectivity index (χ1n) is 6.87. The molecule has 0 aliphatic heterocycles. The summed E-state index contributed by atoms with van der Waals surface area (Å²) in [5.74, 6) is 0. The second kappa shape index (κ2) is 6.79.